The van der Waals surface area contributed by atoms with Gasteiger partial charge in [0.05, 0.1) is 12.5 Å². The number of hydrogen-bond acceptors (Lipinski definition) is 4. The van der Waals surface area contributed by atoms with Gasteiger partial charge in [0.15, 0.2) is 0 Å². The van der Waals surface area contributed by atoms with Crippen molar-refractivity contribution in [3.8, 4) is 17.1 Å². The zero-order chi connectivity index (χ0) is 12.5. The van der Waals surface area contributed by atoms with E-state index in [1.54, 1.807) is 7.11 Å². The first-order chi connectivity index (χ1) is 8.78. The lowest BCUT2D eigenvalue weighted by Crippen LogP contribution is -1.81. The summed E-state index contributed by atoms with van der Waals surface area (Å²) in [6.07, 6.45) is 1.38. The molecule has 0 aliphatic rings. The molecule has 0 N–H and O–H groups in total. The predicted molar refractivity (Wildman–Crippen MR) is 68.8 cm³/mol. The fourth-order valence-corrected chi connectivity index (χ4v) is 1.90. The van der Waals surface area contributed by atoms with Gasteiger partial charge in [-0.15, -0.1) is 0 Å². The molecule has 0 saturated carbocycles. The second-order valence-corrected chi connectivity index (χ2v) is 4.08. The monoisotopic (exact) mass is 260 g/mol. The lowest BCUT2D eigenvalue weighted by atomic mass is 10.1. The van der Waals surface area contributed by atoms with Crippen LogP contribution in [0.25, 0.3) is 22.4 Å². The van der Waals surface area contributed by atoms with Crippen LogP contribution in [0.5, 0.6) is 5.75 Å². The quantitative estimate of drug-likeness (QED) is 0.661. The van der Waals surface area contributed by atoms with Crippen LogP contribution in [-0.2, 0) is 0 Å². The maximum Gasteiger partial charge on any atom is 0.231 e. The Kier molecular flexibility index (Phi) is 2.64. The zero-order valence-corrected chi connectivity index (χ0v) is 10.3. The van der Waals surface area contributed by atoms with Gasteiger partial charge in [0.2, 0.25) is 5.71 Å². The van der Waals surface area contributed by atoms with E-state index in [0.29, 0.717) is 22.0 Å². The van der Waals surface area contributed by atoms with Gasteiger partial charge in [-0.25, -0.2) is 9.97 Å². The number of ether oxygens (including phenoxy) is 1. The van der Waals surface area contributed by atoms with Crippen molar-refractivity contribution in [1.29, 1.82) is 0 Å². The minimum absolute atomic E-state index is 0.392. The summed E-state index contributed by atoms with van der Waals surface area (Å²) in [6.45, 7) is 0. The maximum atomic E-state index is 5.97. The van der Waals surface area contributed by atoms with E-state index in [1.165, 1.54) is 6.33 Å². The Morgan fingerprint density at radius 3 is 2.61 bits per heavy atom. The predicted octanol–water partition coefficient (Wildman–Crippen LogP) is 3.55. The van der Waals surface area contributed by atoms with Crippen LogP contribution in [0.3, 0.4) is 0 Å². The minimum atomic E-state index is 0.392. The minimum Gasteiger partial charge on any atom is -0.497 e. The molecule has 0 aliphatic carbocycles. The molecule has 5 heteroatoms. The van der Waals surface area contributed by atoms with Crippen molar-refractivity contribution < 1.29 is 9.15 Å². The first-order valence-corrected chi connectivity index (χ1v) is 5.70. The Hall–Kier alpha value is -2.07. The van der Waals surface area contributed by atoms with Crippen LogP contribution < -0.4 is 4.74 Å². The lowest BCUT2D eigenvalue weighted by molar-refractivity contribution is 0.415. The summed E-state index contributed by atoms with van der Waals surface area (Å²) in [7, 11) is 1.63. The standard InChI is InChI=1S/C13H9ClN2O2/c1-17-9-4-2-8(3-5-9)11-6-10-12(14)15-7-16-13(10)18-11/h2-7H,1H3. The summed E-state index contributed by atoms with van der Waals surface area (Å²) in [5, 5.41) is 1.11. The van der Waals surface area contributed by atoms with E-state index in [0.717, 1.165) is 11.3 Å². The highest BCUT2D eigenvalue weighted by Gasteiger charge is 2.10. The maximum absolute atomic E-state index is 5.97. The van der Waals surface area contributed by atoms with Crippen LogP contribution >= 0.6 is 11.6 Å². The number of fused-ring (bicyclic) bond motifs is 1. The van der Waals surface area contributed by atoms with Gasteiger partial charge in [-0.05, 0) is 30.3 Å². The van der Waals surface area contributed by atoms with Crippen molar-refractivity contribution in [3.05, 3.63) is 41.8 Å². The normalized spacial score (nSPS) is 10.8. The summed E-state index contributed by atoms with van der Waals surface area (Å²) in [4.78, 5) is 7.95. The molecule has 0 bridgehead atoms. The van der Waals surface area contributed by atoms with E-state index < -0.39 is 0 Å². The summed E-state index contributed by atoms with van der Waals surface area (Å²) < 4.78 is 10.7. The Morgan fingerprint density at radius 1 is 1.17 bits per heavy atom. The van der Waals surface area contributed by atoms with Gasteiger partial charge in [-0.3, -0.25) is 0 Å². The van der Waals surface area contributed by atoms with Crippen LogP contribution in [0.15, 0.2) is 41.1 Å². The molecule has 2 heterocycles. The van der Waals surface area contributed by atoms with Crippen molar-refractivity contribution in [1.82, 2.24) is 9.97 Å². The molecule has 2 aromatic heterocycles. The third kappa shape index (κ3) is 1.80. The molecule has 0 spiro atoms. The van der Waals surface area contributed by atoms with Crippen molar-refractivity contribution >= 4 is 22.7 Å². The topological polar surface area (TPSA) is 48.2 Å². The Labute approximate surface area is 108 Å². The summed E-state index contributed by atoms with van der Waals surface area (Å²) in [5.74, 6) is 1.50. The molecule has 0 saturated heterocycles. The van der Waals surface area contributed by atoms with Gasteiger partial charge in [0.1, 0.15) is 23.0 Å². The van der Waals surface area contributed by atoms with Gasteiger partial charge >= 0.3 is 0 Å². The summed E-state index contributed by atoms with van der Waals surface area (Å²) in [6, 6.07) is 9.40. The molecule has 0 amide bonds. The average molecular weight is 261 g/mol. The van der Waals surface area contributed by atoms with Gasteiger partial charge in [0, 0.05) is 5.56 Å². The Bertz CT molecular complexity index is 692. The van der Waals surface area contributed by atoms with E-state index >= 15 is 0 Å². The molecule has 3 aromatic rings. The molecule has 90 valence electrons. The van der Waals surface area contributed by atoms with Crippen molar-refractivity contribution in [2.75, 3.05) is 7.11 Å². The van der Waals surface area contributed by atoms with Crippen LogP contribution in [0, 0.1) is 0 Å². The van der Waals surface area contributed by atoms with E-state index in [-0.39, 0.29) is 0 Å². The van der Waals surface area contributed by atoms with Gasteiger partial charge < -0.3 is 9.15 Å². The second kappa shape index (κ2) is 4.31. The number of halogens is 1. The third-order valence-corrected chi connectivity index (χ3v) is 2.96. The number of furan rings is 1. The van der Waals surface area contributed by atoms with Crippen molar-refractivity contribution in [3.63, 3.8) is 0 Å². The van der Waals surface area contributed by atoms with Crippen LogP contribution in [0.1, 0.15) is 0 Å². The molecule has 0 radical (unpaired) electrons. The van der Waals surface area contributed by atoms with E-state index in [9.17, 15) is 0 Å². The lowest BCUT2D eigenvalue weighted by Gasteiger charge is -1.99. The fraction of sp³-hybridized carbons (Fsp3) is 0.0769. The highest BCUT2D eigenvalue weighted by molar-refractivity contribution is 6.33. The molecule has 0 unspecified atom stereocenters. The largest absolute Gasteiger partial charge is 0.497 e. The van der Waals surface area contributed by atoms with E-state index in [2.05, 4.69) is 9.97 Å². The van der Waals surface area contributed by atoms with Crippen LogP contribution in [0.2, 0.25) is 5.15 Å². The van der Waals surface area contributed by atoms with Gasteiger partial charge in [0.25, 0.3) is 0 Å². The number of methoxy groups -OCH3 is 1. The van der Waals surface area contributed by atoms with Crippen molar-refractivity contribution in [2.45, 2.75) is 0 Å². The Balaban J connectivity index is 2.10. The van der Waals surface area contributed by atoms with Gasteiger partial charge in [-0.2, -0.15) is 0 Å². The van der Waals surface area contributed by atoms with Crippen molar-refractivity contribution in [2.24, 2.45) is 0 Å². The zero-order valence-electron chi connectivity index (χ0n) is 9.55. The molecule has 0 aliphatic heterocycles. The number of aromatic nitrogens is 2. The summed E-state index contributed by atoms with van der Waals surface area (Å²) >= 11 is 5.97. The molecule has 3 rings (SSSR count). The molecule has 0 atom stereocenters. The van der Waals surface area contributed by atoms with E-state index in [4.69, 9.17) is 20.8 Å². The first kappa shape index (κ1) is 11.0. The highest BCUT2D eigenvalue weighted by atomic mass is 35.5. The summed E-state index contributed by atoms with van der Waals surface area (Å²) in [5.41, 5.74) is 1.42. The Morgan fingerprint density at radius 2 is 1.94 bits per heavy atom. The van der Waals surface area contributed by atoms with E-state index in [1.807, 2.05) is 30.3 Å². The highest BCUT2D eigenvalue weighted by Crippen LogP contribution is 2.30. The number of rotatable bonds is 2. The molecule has 1 aromatic carbocycles. The first-order valence-electron chi connectivity index (χ1n) is 5.32. The second-order valence-electron chi connectivity index (χ2n) is 3.72. The number of nitrogens with zero attached hydrogens (tertiary/aromatic N) is 2. The smallest absolute Gasteiger partial charge is 0.231 e. The molecule has 18 heavy (non-hydrogen) atoms. The molecule has 0 fully saturated rings. The van der Waals surface area contributed by atoms with Crippen LogP contribution in [0.4, 0.5) is 0 Å². The molecular weight excluding hydrogens is 252 g/mol. The third-order valence-electron chi connectivity index (χ3n) is 2.66. The molecular formula is C13H9ClN2O2. The number of hydrogen-bond donors (Lipinski definition) is 0. The number of benzene rings is 1. The molecule has 4 nitrogen and oxygen atoms in total. The van der Waals surface area contributed by atoms with Crippen LogP contribution in [-0.4, -0.2) is 17.1 Å². The van der Waals surface area contributed by atoms with Gasteiger partial charge in [-0.1, -0.05) is 11.6 Å². The fourth-order valence-electron chi connectivity index (χ4n) is 1.72. The average Bonchev–Trinajstić information content (AvgIpc) is 2.84. The SMILES string of the molecule is COc1ccc(-c2cc3c(Cl)ncnc3o2)cc1.